The number of carbonyl (C=O) groups is 1. The fourth-order valence-corrected chi connectivity index (χ4v) is 2.11. The van der Waals surface area contributed by atoms with Gasteiger partial charge in [-0.2, -0.15) is 26.3 Å². The number of halogens is 8. The Balaban J connectivity index is 2.47. The molecule has 0 heterocycles. The van der Waals surface area contributed by atoms with Crippen molar-refractivity contribution in [2.75, 3.05) is 0 Å². The molecule has 2 rings (SSSR count). The zero-order chi connectivity index (χ0) is 19.9. The normalized spacial score (nSPS) is 13.9. The smallest absolute Gasteiger partial charge is 0.439 e. The van der Waals surface area contributed by atoms with Crippen LogP contribution in [0.15, 0.2) is 42.5 Å². The van der Waals surface area contributed by atoms with Gasteiger partial charge in [-0.3, -0.25) is 4.79 Å². The average Bonchev–Trinajstić information content (AvgIpc) is 2.51. The molecule has 0 aliphatic rings. The van der Waals surface area contributed by atoms with E-state index in [0.717, 1.165) is 24.3 Å². The van der Waals surface area contributed by atoms with Gasteiger partial charge in [0.25, 0.3) is 0 Å². The predicted molar refractivity (Wildman–Crippen MR) is 72.8 cm³/mol. The van der Waals surface area contributed by atoms with E-state index in [1.807, 2.05) is 0 Å². The molecule has 2 aromatic rings. The molecular weight excluding hydrogens is 376 g/mol. The third-order valence-electron chi connectivity index (χ3n) is 3.47. The van der Waals surface area contributed by atoms with Crippen molar-refractivity contribution in [3.05, 3.63) is 53.9 Å². The van der Waals surface area contributed by atoms with Crippen molar-refractivity contribution in [1.82, 2.24) is 0 Å². The first-order valence-corrected chi connectivity index (χ1v) is 6.72. The van der Waals surface area contributed by atoms with Gasteiger partial charge in [0.05, 0.1) is 0 Å². The second-order valence-corrected chi connectivity index (χ2v) is 5.23. The number of fused-ring (bicyclic) bond motifs is 1. The number of carbonyl (C=O) groups excluding carboxylic acids is 1. The van der Waals surface area contributed by atoms with Gasteiger partial charge in [0.2, 0.25) is 5.78 Å². The van der Waals surface area contributed by atoms with Gasteiger partial charge < -0.3 is 5.11 Å². The summed E-state index contributed by atoms with van der Waals surface area (Å²) >= 11 is 0. The Kier molecular flexibility index (Phi) is 4.73. The Morgan fingerprint density at radius 1 is 0.846 bits per heavy atom. The van der Waals surface area contributed by atoms with Crippen molar-refractivity contribution in [3.8, 4) is 0 Å². The molecule has 0 radical (unpaired) electrons. The molecule has 0 fully saturated rings. The van der Waals surface area contributed by atoms with Crippen LogP contribution in [0.4, 0.5) is 35.1 Å². The van der Waals surface area contributed by atoms with Crippen LogP contribution in [0.1, 0.15) is 5.56 Å². The van der Waals surface area contributed by atoms with Crippen LogP contribution in [0.5, 0.6) is 0 Å². The first-order chi connectivity index (χ1) is 11.8. The zero-order valence-electron chi connectivity index (χ0n) is 12.4. The van der Waals surface area contributed by atoms with E-state index < -0.39 is 47.0 Å². The van der Waals surface area contributed by atoms with Crippen molar-refractivity contribution in [2.24, 2.45) is 0 Å². The molecule has 0 spiro atoms. The molecule has 0 saturated carbocycles. The fraction of sp³-hybridized carbons (Fsp3) is 0.188. The van der Waals surface area contributed by atoms with E-state index in [2.05, 4.69) is 0 Å². The van der Waals surface area contributed by atoms with Crippen LogP contribution >= 0.6 is 0 Å². The fourth-order valence-electron chi connectivity index (χ4n) is 2.11. The maximum Gasteiger partial charge on any atom is 0.439 e. The van der Waals surface area contributed by atoms with E-state index in [1.165, 1.54) is 12.1 Å². The molecule has 0 unspecified atom stereocenters. The molecule has 26 heavy (non-hydrogen) atoms. The number of allylic oxidation sites excluding steroid dienone is 1. The lowest BCUT2D eigenvalue weighted by atomic mass is 9.97. The monoisotopic (exact) mass is 383 g/mol. The zero-order valence-corrected chi connectivity index (χ0v) is 12.4. The van der Waals surface area contributed by atoms with Crippen LogP contribution in [0.2, 0.25) is 0 Å². The van der Waals surface area contributed by atoms with Crippen molar-refractivity contribution in [2.45, 2.75) is 18.0 Å². The van der Waals surface area contributed by atoms with E-state index in [0.29, 0.717) is 5.39 Å². The summed E-state index contributed by atoms with van der Waals surface area (Å²) in [5.74, 6) is -5.26. The molecule has 2 nitrogen and oxygen atoms in total. The highest BCUT2D eigenvalue weighted by molar-refractivity contribution is 6.02. The van der Waals surface area contributed by atoms with Gasteiger partial charge >= 0.3 is 18.0 Å². The highest BCUT2D eigenvalue weighted by Crippen LogP contribution is 2.47. The van der Waals surface area contributed by atoms with E-state index in [1.54, 1.807) is 0 Å². The minimum absolute atomic E-state index is 0.233. The largest absolute Gasteiger partial charge is 0.872 e. The summed E-state index contributed by atoms with van der Waals surface area (Å²) in [6, 6.07) is 6.41. The Bertz CT molecular complexity index is 866. The quantitative estimate of drug-likeness (QED) is 0.455. The molecule has 0 aliphatic heterocycles. The molecule has 0 aromatic heterocycles. The maximum atomic E-state index is 13.5. The van der Waals surface area contributed by atoms with E-state index in [4.69, 9.17) is 0 Å². The van der Waals surface area contributed by atoms with Gasteiger partial charge in [-0.25, -0.2) is 8.78 Å². The highest BCUT2D eigenvalue weighted by Gasteiger charge is 2.76. The first kappa shape index (κ1) is 19.7. The summed E-state index contributed by atoms with van der Waals surface area (Å²) < 4.78 is 101. The number of alkyl halides is 7. The van der Waals surface area contributed by atoms with Gasteiger partial charge in [0, 0.05) is 0 Å². The van der Waals surface area contributed by atoms with Crippen LogP contribution in [0.3, 0.4) is 0 Å². The molecule has 0 bridgehead atoms. The Morgan fingerprint density at radius 3 is 1.88 bits per heavy atom. The molecule has 2 aromatic carbocycles. The number of rotatable bonds is 3. The molecular formula is C16H7F8O2-. The van der Waals surface area contributed by atoms with Gasteiger partial charge in [0.1, 0.15) is 5.82 Å². The minimum Gasteiger partial charge on any atom is -0.872 e. The van der Waals surface area contributed by atoms with E-state index in [9.17, 15) is 45.0 Å². The van der Waals surface area contributed by atoms with Crippen LogP contribution in [0, 0.1) is 5.82 Å². The molecule has 0 saturated heterocycles. The SMILES string of the molecule is O=C(/C=C(\[O-])c1ccc2cc(F)ccc2c1)C(F)(C(F)(F)F)C(F)(F)F. The number of hydrogen-bond acceptors (Lipinski definition) is 2. The van der Waals surface area contributed by atoms with E-state index >= 15 is 0 Å². The summed E-state index contributed by atoms with van der Waals surface area (Å²) in [5, 5.41) is 12.3. The van der Waals surface area contributed by atoms with Crippen molar-refractivity contribution in [3.63, 3.8) is 0 Å². The third-order valence-corrected chi connectivity index (χ3v) is 3.47. The third kappa shape index (κ3) is 3.35. The summed E-state index contributed by atoms with van der Waals surface area (Å²) in [7, 11) is 0. The van der Waals surface area contributed by atoms with Crippen LogP contribution < -0.4 is 5.11 Å². The number of benzene rings is 2. The van der Waals surface area contributed by atoms with E-state index in [-0.39, 0.29) is 5.39 Å². The van der Waals surface area contributed by atoms with Crippen LogP contribution in [0.25, 0.3) is 16.5 Å². The number of ketones is 1. The second kappa shape index (κ2) is 6.26. The Labute approximate surface area is 140 Å². The highest BCUT2D eigenvalue weighted by atomic mass is 19.4. The van der Waals surface area contributed by atoms with Crippen LogP contribution in [-0.2, 0) is 4.79 Å². The molecule has 0 N–H and O–H groups in total. The second-order valence-electron chi connectivity index (χ2n) is 5.23. The Morgan fingerprint density at radius 2 is 1.35 bits per heavy atom. The summed E-state index contributed by atoms with van der Waals surface area (Å²) in [5.41, 5.74) is -6.67. The lowest BCUT2D eigenvalue weighted by Gasteiger charge is -2.28. The first-order valence-electron chi connectivity index (χ1n) is 6.72. The molecule has 10 heteroatoms. The Hall–Kier alpha value is -2.65. The average molecular weight is 383 g/mol. The van der Waals surface area contributed by atoms with Crippen molar-refractivity contribution >= 4 is 22.3 Å². The van der Waals surface area contributed by atoms with Crippen LogP contribution in [-0.4, -0.2) is 23.8 Å². The minimum atomic E-state index is -6.60. The maximum absolute atomic E-state index is 13.5. The van der Waals surface area contributed by atoms with Gasteiger partial charge in [-0.05, 0) is 40.6 Å². The van der Waals surface area contributed by atoms with Crippen molar-refractivity contribution < 1.29 is 45.0 Å². The molecule has 140 valence electrons. The lowest BCUT2D eigenvalue weighted by Crippen LogP contribution is -2.58. The standard InChI is InChI=1S/C16H8F8O2/c17-11-4-3-8-5-10(2-1-9(8)6-11)12(25)7-13(26)14(18,15(19,20)21)16(22,23)24/h1-7,25H/p-1/b12-7-. The topological polar surface area (TPSA) is 40.1 Å². The van der Waals surface area contributed by atoms with Gasteiger partial charge in [-0.1, -0.05) is 24.0 Å². The van der Waals surface area contributed by atoms with Crippen molar-refractivity contribution in [1.29, 1.82) is 0 Å². The van der Waals surface area contributed by atoms with Gasteiger partial charge in [0.15, 0.2) is 0 Å². The summed E-state index contributed by atoms with van der Waals surface area (Å²) in [6.07, 6.45) is -13.8. The lowest BCUT2D eigenvalue weighted by molar-refractivity contribution is -0.323. The molecule has 0 aliphatic carbocycles. The molecule has 0 atom stereocenters. The predicted octanol–water partition coefficient (Wildman–Crippen LogP) is 4.08. The van der Waals surface area contributed by atoms with Gasteiger partial charge in [-0.15, -0.1) is 0 Å². The summed E-state index contributed by atoms with van der Waals surface area (Å²) in [4.78, 5) is 11.3. The number of hydrogen-bond donors (Lipinski definition) is 0. The molecule has 0 amide bonds. The summed E-state index contributed by atoms with van der Waals surface area (Å²) in [6.45, 7) is 0.